The molecule has 0 bridgehead atoms. The quantitative estimate of drug-likeness (QED) is 0.0320. The van der Waals surface area contributed by atoms with Crippen molar-refractivity contribution in [3.05, 3.63) is 36.5 Å². The highest BCUT2D eigenvalue weighted by Crippen LogP contribution is 2.19. The fourth-order valence-corrected chi connectivity index (χ4v) is 11.5. The minimum atomic E-state index is -0.844. The summed E-state index contributed by atoms with van der Waals surface area (Å²) >= 11 is 0. The number of carbonyl (C=O) groups is 2. The molecule has 2 unspecified atom stereocenters. The van der Waals surface area contributed by atoms with Crippen LogP contribution in [0.2, 0.25) is 0 Å². The average Bonchev–Trinajstić information content (AvgIpc) is 3.47. The predicted molar refractivity (Wildman–Crippen MR) is 356 cm³/mol. The second kappa shape index (κ2) is 70.6. The summed E-state index contributed by atoms with van der Waals surface area (Å²) in [6.45, 7) is 4.92. The number of nitrogens with one attached hydrogen (secondary N) is 1. The lowest BCUT2D eigenvalue weighted by Crippen LogP contribution is -2.45. The average molecular weight is 1140 g/mol. The van der Waals surface area contributed by atoms with Gasteiger partial charge >= 0.3 is 5.97 Å². The Bertz CT molecular complexity index is 1310. The maximum Gasteiger partial charge on any atom is 0.305 e. The largest absolute Gasteiger partial charge is 0.466 e. The van der Waals surface area contributed by atoms with Gasteiger partial charge in [-0.2, -0.15) is 0 Å². The normalized spacial score (nSPS) is 12.7. The second-order valence-corrected chi connectivity index (χ2v) is 25.3. The number of allylic oxidation sites excluding steroid dienone is 5. The summed E-state index contributed by atoms with van der Waals surface area (Å²) in [5.41, 5.74) is 0. The van der Waals surface area contributed by atoms with Crippen LogP contribution in [0.1, 0.15) is 406 Å². The highest BCUT2D eigenvalue weighted by Gasteiger charge is 2.18. The number of unbranched alkanes of at least 4 members (excludes halogenated alkanes) is 54. The topological polar surface area (TPSA) is 95.9 Å². The van der Waals surface area contributed by atoms with Crippen LogP contribution in [0.4, 0.5) is 0 Å². The molecule has 2 atom stereocenters. The number of aliphatic hydroxyl groups excluding tert-OH is 2. The molecule has 0 heterocycles. The van der Waals surface area contributed by atoms with Gasteiger partial charge in [0.2, 0.25) is 5.91 Å². The fourth-order valence-electron chi connectivity index (χ4n) is 11.5. The lowest BCUT2D eigenvalue weighted by atomic mass is 10.0. The van der Waals surface area contributed by atoms with Crippen LogP contribution in [0.3, 0.4) is 0 Å². The standard InChI is InChI=1S/C75H143NO5/c1-3-5-7-9-11-13-15-17-18-19-20-32-35-38-41-44-47-51-55-59-63-67-73(78)72(71-77)76-74(79)68-64-60-56-52-48-45-42-39-36-33-30-28-26-24-22-21-23-25-27-29-31-34-37-40-43-46-50-54-58-62-66-70-81-75(80)69-65-61-57-53-49-16-14-12-10-8-6-4-2/h12,14,23,25,63,67,72-73,77-78H,3-11,13,15-22,24,26-62,64-66,68-71H2,1-2H3,(H,76,79)/b14-12-,25-23-,67-63+. The molecule has 3 N–H and O–H groups in total. The van der Waals surface area contributed by atoms with Crippen LogP contribution in [0.25, 0.3) is 0 Å². The molecule has 0 aromatic heterocycles. The van der Waals surface area contributed by atoms with E-state index in [1.54, 1.807) is 6.08 Å². The monoisotopic (exact) mass is 1140 g/mol. The van der Waals surface area contributed by atoms with E-state index >= 15 is 0 Å². The van der Waals surface area contributed by atoms with Crippen molar-refractivity contribution in [1.82, 2.24) is 5.32 Å². The van der Waals surface area contributed by atoms with Crippen LogP contribution >= 0.6 is 0 Å². The third-order valence-corrected chi connectivity index (χ3v) is 17.1. The summed E-state index contributed by atoms with van der Waals surface area (Å²) in [6, 6.07) is -0.627. The highest BCUT2D eigenvalue weighted by atomic mass is 16.5. The maximum absolute atomic E-state index is 12.5. The molecule has 0 aliphatic heterocycles. The van der Waals surface area contributed by atoms with Gasteiger partial charge in [-0.1, -0.05) is 346 Å². The van der Waals surface area contributed by atoms with E-state index in [9.17, 15) is 19.8 Å². The Morgan fingerprint density at radius 2 is 0.580 bits per heavy atom. The lowest BCUT2D eigenvalue weighted by Gasteiger charge is -2.20. The van der Waals surface area contributed by atoms with Gasteiger partial charge in [0.05, 0.1) is 25.4 Å². The molecule has 0 aromatic rings. The predicted octanol–water partition coefficient (Wildman–Crippen LogP) is 23.9. The Kier molecular flexibility index (Phi) is 68.9. The molecular weight excluding hydrogens is 995 g/mol. The summed E-state index contributed by atoms with van der Waals surface area (Å²) in [7, 11) is 0. The molecule has 6 nitrogen and oxygen atoms in total. The fraction of sp³-hybridized carbons (Fsp3) is 0.893. The van der Waals surface area contributed by atoms with E-state index in [1.807, 2.05) is 6.08 Å². The van der Waals surface area contributed by atoms with E-state index in [0.29, 0.717) is 19.4 Å². The van der Waals surface area contributed by atoms with Crippen LogP contribution in [-0.4, -0.2) is 47.4 Å². The first-order chi connectivity index (χ1) is 40.0. The second-order valence-electron chi connectivity index (χ2n) is 25.3. The lowest BCUT2D eigenvalue weighted by molar-refractivity contribution is -0.143. The number of rotatable bonds is 69. The number of aliphatic hydroxyl groups is 2. The zero-order chi connectivity index (χ0) is 58.5. The van der Waals surface area contributed by atoms with E-state index < -0.39 is 12.1 Å². The first-order valence-corrected chi connectivity index (χ1v) is 36.8. The molecule has 478 valence electrons. The van der Waals surface area contributed by atoms with Crippen molar-refractivity contribution in [2.75, 3.05) is 13.2 Å². The number of hydrogen-bond donors (Lipinski definition) is 3. The highest BCUT2D eigenvalue weighted by molar-refractivity contribution is 5.76. The third-order valence-electron chi connectivity index (χ3n) is 17.1. The van der Waals surface area contributed by atoms with E-state index in [2.05, 4.69) is 43.5 Å². The van der Waals surface area contributed by atoms with Crippen molar-refractivity contribution in [2.45, 2.75) is 418 Å². The molecule has 0 spiro atoms. The number of esters is 1. The molecule has 0 aromatic carbocycles. The Morgan fingerprint density at radius 1 is 0.333 bits per heavy atom. The molecule has 0 radical (unpaired) electrons. The molecular formula is C75H143NO5. The Balaban J connectivity index is 3.39. The Morgan fingerprint density at radius 3 is 0.901 bits per heavy atom. The first kappa shape index (κ1) is 79.1. The number of carbonyl (C=O) groups excluding carboxylic acids is 2. The molecule has 0 aliphatic rings. The van der Waals surface area contributed by atoms with Gasteiger partial charge in [-0.25, -0.2) is 0 Å². The van der Waals surface area contributed by atoms with Crippen LogP contribution in [-0.2, 0) is 14.3 Å². The Labute approximate surface area is 506 Å². The Hall–Kier alpha value is -1.92. The molecule has 0 saturated carbocycles. The van der Waals surface area contributed by atoms with Crippen LogP contribution < -0.4 is 5.32 Å². The van der Waals surface area contributed by atoms with Crippen molar-refractivity contribution >= 4 is 11.9 Å². The molecule has 1 amide bonds. The van der Waals surface area contributed by atoms with E-state index in [4.69, 9.17) is 4.74 Å². The molecule has 0 saturated heterocycles. The van der Waals surface area contributed by atoms with Crippen LogP contribution in [0.5, 0.6) is 0 Å². The molecule has 0 fully saturated rings. The van der Waals surface area contributed by atoms with E-state index in [1.165, 1.54) is 334 Å². The van der Waals surface area contributed by atoms with Crippen molar-refractivity contribution in [3.63, 3.8) is 0 Å². The van der Waals surface area contributed by atoms with Gasteiger partial charge in [-0.05, 0) is 83.5 Å². The molecule has 0 aliphatic carbocycles. The van der Waals surface area contributed by atoms with Gasteiger partial charge in [-0.3, -0.25) is 9.59 Å². The van der Waals surface area contributed by atoms with Gasteiger partial charge in [0.1, 0.15) is 0 Å². The SMILES string of the molecule is CCCCC/C=C\CCCCCCCC(=O)OCCCCCCCCCCCCCC/C=C\CCCCCCCCCCCCCCCCCC(=O)NC(CO)C(O)/C=C/CCCCCCCCCCCCCCCCCCCCC. The van der Waals surface area contributed by atoms with Gasteiger partial charge in [-0.15, -0.1) is 0 Å². The summed E-state index contributed by atoms with van der Waals surface area (Å²) in [5.74, 6) is -0.0543. The minimum Gasteiger partial charge on any atom is -0.466 e. The summed E-state index contributed by atoms with van der Waals surface area (Å²) < 4.78 is 5.47. The van der Waals surface area contributed by atoms with Crippen LogP contribution in [0.15, 0.2) is 36.5 Å². The van der Waals surface area contributed by atoms with Gasteiger partial charge < -0.3 is 20.3 Å². The van der Waals surface area contributed by atoms with Gasteiger partial charge in [0.15, 0.2) is 0 Å². The third kappa shape index (κ3) is 67.1. The molecule has 0 rings (SSSR count). The summed E-state index contributed by atoms with van der Waals surface area (Å²) in [5, 5.41) is 23.3. The summed E-state index contributed by atoms with van der Waals surface area (Å²) in [4.78, 5) is 24.6. The van der Waals surface area contributed by atoms with E-state index in [0.717, 1.165) is 44.9 Å². The minimum absolute atomic E-state index is 0.00765. The van der Waals surface area contributed by atoms with Crippen molar-refractivity contribution in [1.29, 1.82) is 0 Å². The number of hydrogen-bond acceptors (Lipinski definition) is 5. The zero-order valence-electron chi connectivity index (χ0n) is 54.8. The van der Waals surface area contributed by atoms with Gasteiger partial charge in [0, 0.05) is 12.8 Å². The summed E-state index contributed by atoms with van der Waals surface area (Å²) in [6.07, 6.45) is 91.0. The number of ether oxygens (including phenoxy) is 1. The van der Waals surface area contributed by atoms with Gasteiger partial charge in [0.25, 0.3) is 0 Å². The smallest absolute Gasteiger partial charge is 0.305 e. The number of amides is 1. The molecule has 6 heteroatoms. The van der Waals surface area contributed by atoms with E-state index in [-0.39, 0.29) is 18.5 Å². The first-order valence-electron chi connectivity index (χ1n) is 36.8. The van der Waals surface area contributed by atoms with Crippen molar-refractivity contribution in [2.24, 2.45) is 0 Å². The maximum atomic E-state index is 12.5. The van der Waals surface area contributed by atoms with Crippen molar-refractivity contribution < 1.29 is 24.5 Å². The zero-order valence-corrected chi connectivity index (χ0v) is 54.8. The van der Waals surface area contributed by atoms with Crippen molar-refractivity contribution in [3.8, 4) is 0 Å². The van der Waals surface area contributed by atoms with Crippen LogP contribution in [0, 0.1) is 0 Å². The molecule has 81 heavy (non-hydrogen) atoms.